The van der Waals surface area contributed by atoms with Crippen LogP contribution in [0.2, 0.25) is 5.02 Å². The quantitative estimate of drug-likeness (QED) is 0.868. The van der Waals surface area contributed by atoms with Crippen LogP contribution in [0, 0.1) is 12.3 Å². The fraction of sp³-hybridized carbons (Fsp3) is 0.611. The van der Waals surface area contributed by atoms with E-state index in [1.807, 2.05) is 11.8 Å². The average molecular weight is 354 g/mol. The van der Waals surface area contributed by atoms with E-state index in [9.17, 15) is 9.90 Å². The largest absolute Gasteiger partial charge is 0.394 e. The molecule has 3 rings (SSSR count). The summed E-state index contributed by atoms with van der Waals surface area (Å²) < 4.78 is 5.68. The van der Waals surface area contributed by atoms with Crippen molar-refractivity contribution in [2.75, 3.05) is 26.3 Å². The Kier molecular flexibility index (Phi) is 5.16. The number of hydrogen-bond donors (Lipinski definition) is 2. The van der Waals surface area contributed by atoms with Crippen LogP contribution in [-0.4, -0.2) is 59.5 Å². The number of ether oxygens (including phenoxy) is 1. The molecule has 1 amide bonds. The van der Waals surface area contributed by atoms with Gasteiger partial charge < -0.3 is 19.8 Å². The Bertz CT molecular complexity index is 613. The van der Waals surface area contributed by atoms with E-state index >= 15 is 0 Å². The minimum Gasteiger partial charge on any atom is -0.394 e. The summed E-state index contributed by atoms with van der Waals surface area (Å²) in [6, 6.07) is 5.38. The van der Waals surface area contributed by atoms with E-state index < -0.39 is 0 Å². The van der Waals surface area contributed by atoms with Gasteiger partial charge in [0.2, 0.25) is 0 Å². The maximum Gasteiger partial charge on any atom is 0.254 e. The average Bonchev–Trinajstić information content (AvgIpc) is 2.60. The fourth-order valence-electron chi connectivity index (χ4n) is 3.95. The summed E-state index contributed by atoms with van der Waals surface area (Å²) in [6.07, 6.45) is 1.64. The Labute approximate surface area is 147 Å². The van der Waals surface area contributed by atoms with Crippen LogP contribution in [0.15, 0.2) is 18.2 Å². The van der Waals surface area contributed by atoms with Crippen molar-refractivity contribution in [3.8, 4) is 0 Å². The number of amides is 1. The summed E-state index contributed by atoms with van der Waals surface area (Å²) in [4.78, 5) is 14.6. The molecular formula is C18H24ClNO4. The SMILES string of the molecule is Cc1c(Cl)cccc1C(=O)N1CCC2(CC1)[C@H](O)C[C@@H]2OCCO. The summed E-state index contributed by atoms with van der Waals surface area (Å²) >= 11 is 6.12. The summed E-state index contributed by atoms with van der Waals surface area (Å²) in [5, 5.41) is 19.8. The molecule has 1 heterocycles. The highest BCUT2D eigenvalue weighted by atomic mass is 35.5. The van der Waals surface area contributed by atoms with E-state index in [0.29, 0.717) is 36.7 Å². The van der Waals surface area contributed by atoms with Crippen molar-refractivity contribution in [1.82, 2.24) is 4.90 Å². The number of hydrogen-bond acceptors (Lipinski definition) is 4. The van der Waals surface area contributed by atoms with Crippen LogP contribution >= 0.6 is 11.6 Å². The van der Waals surface area contributed by atoms with E-state index in [-0.39, 0.29) is 30.1 Å². The van der Waals surface area contributed by atoms with Crippen molar-refractivity contribution in [3.05, 3.63) is 34.3 Å². The number of halogens is 1. The molecule has 0 radical (unpaired) electrons. The topological polar surface area (TPSA) is 70.0 Å². The molecule has 6 heteroatoms. The van der Waals surface area contributed by atoms with Crippen molar-refractivity contribution < 1.29 is 19.7 Å². The number of benzene rings is 1. The molecule has 1 saturated carbocycles. The number of piperidine rings is 1. The standard InChI is InChI=1S/C18H24ClNO4/c1-12-13(3-2-4-14(12)19)17(23)20-7-5-18(6-8-20)15(22)11-16(18)24-10-9-21/h2-4,15-16,21-22H,5-11H2,1H3/t15-,16+/m1/s1. The van der Waals surface area contributed by atoms with E-state index in [2.05, 4.69) is 0 Å². The molecule has 2 atom stereocenters. The minimum atomic E-state index is -0.383. The molecule has 2 N–H and O–H groups in total. The number of carbonyl (C=O) groups is 1. The monoisotopic (exact) mass is 353 g/mol. The summed E-state index contributed by atoms with van der Waals surface area (Å²) in [7, 11) is 0. The Morgan fingerprint density at radius 1 is 1.42 bits per heavy atom. The highest BCUT2D eigenvalue weighted by molar-refractivity contribution is 6.31. The van der Waals surface area contributed by atoms with Gasteiger partial charge in [0.15, 0.2) is 0 Å². The summed E-state index contributed by atoms with van der Waals surface area (Å²) in [5.74, 6) is -0.00788. The third-order valence-corrected chi connectivity index (χ3v) is 6.04. The maximum atomic E-state index is 12.8. The second-order valence-electron chi connectivity index (χ2n) is 6.77. The molecule has 1 aliphatic carbocycles. The Balaban J connectivity index is 1.66. The van der Waals surface area contributed by atoms with Crippen LogP contribution in [0.1, 0.15) is 35.2 Å². The minimum absolute atomic E-state index is 0.00788. The van der Waals surface area contributed by atoms with Crippen molar-refractivity contribution in [3.63, 3.8) is 0 Å². The Morgan fingerprint density at radius 3 is 2.75 bits per heavy atom. The van der Waals surface area contributed by atoms with Gasteiger partial charge >= 0.3 is 0 Å². The van der Waals surface area contributed by atoms with Crippen LogP contribution in [0.3, 0.4) is 0 Å². The molecule has 0 aromatic heterocycles. The van der Waals surface area contributed by atoms with Crippen LogP contribution in [-0.2, 0) is 4.74 Å². The third kappa shape index (κ3) is 2.94. The first-order chi connectivity index (χ1) is 11.5. The van der Waals surface area contributed by atoms with Gasteiger partial charge in [-0.25, -0.2) is 0 Å². The van der Waals surface area contributed by atoms with Gasteiger partial charge in [-0.1, -0.05) is 17.7 Å². The zero-order chi connectivity index (χ0) is 17.3. The van der Waals surface area contributed by atoms with Crippen LogP contribution < -0.4 is 0 Å². The molecule has 24 heavy (non-hydrogen) atoms. The van der Waals surface area contributed by atoms with Crippen molar-refractivity contribution in [1.29, 1.82) is 0 Å². The number of likely N-dealkylation sites (tertiary alicyclic amines) is 1. The normalized spacial score (nSPS) is 25.6. The van der Waals surface area contributed by atoms with E-state index in [1.165, 1.54) is 0 Å². The van der Waals surface area contributed by atoms with E-state index in [0.717, 1.165) is 18.4 Å². The molecule has 1 spiro atoms. The number of nitrogens with zero attached hydrogens (tertiary/aromatic N) is 1. The lowest BCUT2D eigenvalue weighted by molar-refractivity contribution is -0.211. The molecule has 0 bridgehead atoms. The smallest absolute Gasteiger partial charge is 0.254 e. The zero-order valence-corrected chi connectivity index (χ0v) is 14.6. The molecule has 0 unspecified atom stereocenters. The lowest BCUT2D eigenvalue weighted by Gasteiger charge is -2.56. The molecule has 2 fully saturated rings. The first kappa shape index (κ1) is 17.7. The lowest BCUT2D eigenvalue weighted by Crippen LogP contribution is -2.62. The Morgan fingerprint density at radius 2 is 2.12 bits per heavy atom. The zero-order valence-electron chi connectivity index (χ0n) is 13.9. The van der Waals surface area contributed by atoms with E-state index in [4.69, 9.17) is 21.4 Å². The Hall–Kier alpha value is -1.14. The van der Waals surface area contributed by atoms with Gasteiger partial charge in [-0.15, -0.1) is 0 Å². The fourth-order valence-corrected chi connectivity index (χ4v) is 4.12. The second kappa shape index (κ2) is 7.00. The number of aliphatic hydroxyl groups excluding tert-OH is 2. The number of rotatable bonds is 4. The van der Waals surface area contributed by atoms with Crippen LogP contribution in [0.5, 0.6) is 0 Å². The second-order valence-corrected chi connectivity index (χ2v) is 7.18. The van der Waals surface area contributed by atoms with Crippen LogP contribution in [0.4, 0.5) is 0 Å². The highest BCUT2D eigenvalue weighted by Crippen LogP contribution is 2.51. The van der Waals surface area contributed by atoms with Crippen LogP contribution in [0.25, 0.3) is 0 Å². The molecule has 1 aromatic rings. The summed E-state index contributed by atoms with van der Waals surface area (Å²) in [5.41, 5.74) is 1.17. The molecule has 1 aromatic carbocycles. The number of aliphatic hydroxyl groups is 2. The molecule has 2 aliphatic rings. The van der Waals surface area contributed by atoms with Crippen molar-refractivity contribution in [2.24, 2.45) is 5.41 Å². The molecule has 5 nitrogen and oxygen atoms in total. The van der Waals surface area contributed by atoms with Gasteiger partial charge in [0.25, 0.3) is 5.91 Å². The van der Waals surface area contributed by atoms with Gasteiger partial charge in [0.05, 0.1) is 25.4 Å². The third-order valence-electron chi connectivity index (χ3n) is 5.63. The first-order valence-electron chi connectivity index (χ1n) is 8.44. The summed E-state index contributed by atoms with van der Waals surface area (Å²) in [6.45, 7) is 3.34. The lowest BCUT2D eigenvalue weighted by atomic mass is 9.58. The van der Waals surface area contributed by atoms with Gasteiger partial charge in [-0.3, -0.25) is 4.79 Å². The van der Waals surface area contributed by atoms with Gasteiger partial charge in [0, 0.05) is 35.5 Å². The predicted octanol–water partition coefficient (Wildman–Crippen LogP) is 2.01. The van der Waals surface area contributed by atoms with Crippen molar-refractivity contribution >= 4 is 17.5 Å². The van der Waals surface area contributed by atoms with Gasteiger partial charge in [-0.2, -0.15) is 0 Å². The predicted molar refractivity (Wildman–Crippen MR) is 91.2 cm³/mol. The molecule has 1 aliphatic heterocycles. The van der Waals surface area contributed by atoms with E-state index in [1.54, 1.807) is 18.2 Å². The molecule has 1 saturated heterocycles. The van der Waals surface area contributed by atoms with Gasteiger partial charge in [-0.05, 0) is 37.5 Å². The number of carbonyl (C=O) groups excluding carboxylic acids is 1. The van der Waals surface area contributed by atoms with Gasteiger partial charge in [0.1, 0.15) is 0 Å². The first-order valence-corrected chi connectivity index (χ1v) is 8.82. The molecule has 132 valence electrons. The van der Waals surface area contributed by atoms with Crippen molar-refractivity contribution in [2.45, 2.75) is 38.4 Å². The highest BCUT2D eigenvalue weighted by Gasteiger charge is 2.56. The molecular weight excluding hydrogens is 330 g/mol. The maximum absolute atomic E-state index is 12.8.